The van der Waals surface area contributed by atoms with Gasteiger partial charge in [0.1, 0.15) is 5.78 Å². The Morgan fingerprint density at radius 3 is 2.09 bits per heavy atom. The molecule has 1 saturated heterocycles. The molecule has 1 aliphatic heterocycles. The lowest BCUT2D eigenvalue weighted by atomic mass is 9.83. The normalized spacial score (nSPS) is 18.5. The number of ketones is 2. The van der Waals surface area contributed by atoms with Gasteiger partial charge in [-0.1, -0.05) is 89.8 Å². The Labute approximate surface area is 347 Å². The van der Waals surface area contributed by atoms with E-state index in [1.165, 1.54) is 7.11 Å². The fourth-order valence-corrected chi connectivity index (χ4v) is 8.65. The van der Waals surface area contributed by atoms with Gasteiger partial charge in [0.2, 0.25) is 17.7 Å². The Bertz CT molecular complexity index is 1540. The summed E-state index contributed by atoms with van der Waals surface area (Å²) in [7, 11) is 8.61. The van der Waals surface area contributed by atoms with Gasteiger partial charge in [0, 0.05) is 70.5 Å². The minimum absolute atomic E-state index is 0.00904. The van der Waals surface area contributed by atoms with E-state index in [1.54, 1.807) is 30.9 Å². The number of carbonyl (C=O) groups excluding carboxylic acids is 5. The number of aryl methyl sites for hydroxylation is 1. The van der Waals surface area contributed by atoms with Gasteiger partial charge < -0.3 is 24.6 Å². The van der Waals surface area contributed by atoms with Crippen molar-refractivity contribution in [3.63, 3.8) is 0 Å². The van der Waals surface area contributed by atoms with Crippen LogP contribution in [0.3, 0.4) is 0 Å². The Balaban J connectivity index is 2.26. The number of Topliss-reactive ketones (excluding diaryl/α,β-unsaturated/α-hetero) is 2. The minimum atomic E-state index is -0.868. The van der Waals surface area contributed by atoms with Crippen LogP contribution in [0, 0.1) is 42.4 Å². The van der Waals surface area contributed by atoms with Crippen LogP contribution >= 0.6 is 0 Å². The molecule has 0 bridgehead atoms. The molecule has 1 aliphatic rings. The number of hydrogen-bond acceptors (Lipinski definition) is 9. The number of nitrogens with one attached hydrogen (secondary N) is 1. The van der Waals surface area contributed by atoms with E-state index in [-0.39, 0.29) is 85.4 Å². The first-order valence-corrected chi connectivity index (χ1v) is 21.0. The van der Waals surface area contributed by atoms with Crippen LogP contribution < -0.4 is 5.32 Å². The van der Waals surface area contributed by atoms with Crippen LogP contribution in [0.25, 0.3) is 10.4 Å². The van der Waals surface area contributed by atoms with Gasteiger partial charge in [-0.2, -0.15) is 0 Å². The molecule has 1 aromatic rings. The number of amides is 3. The predicted molar refractivity (Wildman–Crippen MR) is 227 cm³/mol. The molecule has 326 valence electrons. The van der Waals surface area contributed by atoms with Crippen molar-refractivity contribution < 1.29 is 33.4 Å². The monoisotopic (exact) mass is 812 g/mol. The average Bonchev–Trinajstić information content (AvgIpc) is 3.66. The molecular formula is C44H73N7O7. The molecule has 0 spiro atoms. The fourth-order valence-electron chi connectivity index (χ4n) is 8.65. The Morgan fingerprint density at radius 1 is 0.931 bits per heavy atom. The Kier molecular flexibility index (Phi) is 21.1. The van der Waals surface area contributed by atoms with E-state index in [9.17, 15) is 24.0 Å². The van der Waals surface area contributed by atoms with Crippen molar-refractivity contribution in [2.75, 3.05) is 48.5 Å². The van der Waals surface area contributed by atoms with Gasteiger partial charge >= 0.3 is 0 Å². The maximum Gasteiger partial charge on any atom is 0.226 e. The maximum atomic E-state index is 14.3. The van der Waals surface area contributed by atoms with Gasteiger partial charge in [-0.15, -0.1) is 0 Å². The van der Waals surface area contributed by atoms with Crippen molar-refractivity contribution >= 4 is 29.3 Å². The van der Waals surface area contributed by atoms with E-state index < -0.39 is 42.0 Å². The second-order valence-corrected chi connectivity index (χ2v) is 17.2. The van der Waals surface area contributed by atoms with Crippen LogP contribution in [0.5, 0.6) is 0 Å². The smallest absolute Gasteiger partial charge is 0.226 e. The van der Waals surface area contributed by atoms with Gasteiger partial charge in [0.25, 0.3) is 0 Å². The fraction of sp³-hybridized carbons (Fsp3) is 0.750. The van der Waals surface area contributed by atoms with E-state index in [0.29, 0.717) is 13.0 Å². The first-order chi connectivity index (χ1) is 27.3. The number of likely N-dealkylation sites (N-methyl/N-ethyl adjacent to an activating group) is 2. The zero-order valence-corrected chi connectivity index (χ0v) is 37.6. The summed E-state index contributed by atoms with van der Waals surface area (Å²) in [6, 6.07) is 6.60. The summed E-state index contributed by atoms with van der Waals surface area (Å²) in [5.41, 5.74) is 11.0. The van der Waals surface area contributed by atoms with Crippen LogP contribution in [0.1, 0.15) is 98.1 Å². The molecule has 1 aromatic carbocycles. The van der Waals surface area contributed by atoms with Crippen LogP contribution in [-0.2, 0) is 40.0 Å². The number of methoxy groups -OCH3 is 2. The van der Waals surface area contributed by atoms with Crippen LogP contribution in [-0.4, -0.2) is 123 Å². The summed E-state index contributed by atoms with van der Waals surface area (Å²) >= 11 is 0. The number of likely N-dealkylation sites (tertiary alicyclic amines) is 1. The third-order valence-corrected chi connectivity index (χ3v) is 12.2. The number of carbonyl (C=O) groups is 5. The Morgan fingerprint density at radius 2 is 1.57 bits per heavy atom. The average molecular weight is 812 g/mol. The van der Waals surface area contributed by atoms with Crippen molar-refractivity contribution in [3.05, 3.63) is 45.8 Å². The van der Waals surface area contributed by atoms with Crippen molar-refractivity contribution in [3.8, 4) is 0 Å². The van der Waals surface area contributed by atoms with E-state index in [2.05, 4.69) is 15.3 Å². The highest BCUT2D eigenvalue weighted by atomic mass is 16.5. The highest BCUT2D eigenvalue weighted by Crippen LogP contribution is 2.31. The first-order valence-electron chi connectivity index (χ1n) is 21.0. The van der Waals surface area contributed by atoms with E-state index in [0.717, 1.165) is 24.0 Å². The first kappa shape index (κ1) is 50.3. The second-order valence-electron chi connectivity index (χ2n) is 17.2. The highest BCUT2D eigenvalue weighted by Gasteiger charge is 2.43. The molecule has 1 fully saturated rings. The van der Waals surface area contributed by atoms with Gasteiger partial charge in [-0.3, -0.25) is 28.9 Å². The summed E-state index contributed by atoms with van der Waals surface area (Å²) in [5, 5.41) is 6.49. The molecule has 1 heterocycles. The Hall–Kier alpha value is -3.84. The zero-order chi connectivity index (χ0) is 43.9. The number of ether oxygens (including phenoxy) is 2. The lowest BCUT2D eigenvalue weighted by Crippen LogP contribution is -2.54. The highest BCUT2D eigenvalue weighted by molar-refractivity contribution is 5.90. The van der Waals surface area contributed by atoms with Gasteiger partial charge in [-0.05, 0) is 62.7 Å². The summed E-state index contributed by atoms with van der Waals surface area (Å²) < 4.78 is 12.0. The molecular weight excluding hydrogens is 739 g/mol. The van der Waals surface area contributed by atoms with Crippen molar-refractivity contribution in [2.24, 2.45) is 40.6 Å². The summed E-state index contributed by atoms with van der Waals surface area (Å²) in [4.78, 5) is 77.5. The molecule has 0 aliphatic carbocycles. The SMILES string of the molecule is CC[C@H](C)[C@@H]([C@@H](CC(=O)N1CCC[C@H]1[C@H](OC)[C@@H](C)C(=O)C[C@@H](CN=[N+]=[N-])C(=O)NCc1ccc(C)cc1)OC)N(C)C(=O)[C@@H](CC(=O)[C@H](C(C)C)N(C)C)C(C)C. The molecule has 3 amide bonds. The lowest BCUT2D eigenvalue weighted by molar-refractivity contribution is -0.149. The summed E-state index contributed by atoms with van der Waals surface area (Å²) in [6.07, 6.45) is 0.783. The number of benzene rings is 1. The molecule has 2 rings (SSSR count). The molecule has 9 atom stereocenters. The molecule has 14 heteroatoms. The quantitative estimate of drug-likeness (QED) is 0.0687. The number of azide groups is 1. The van der Waals surface area contributed by atoms with Gasteiger partial charge in [0.15, 0.2) is 5.78 Å². The third-order valence-electron chi connectivity index (χ3n) is 12.2. The molecule has 58 heavy (non-hydrogen) atoms. The third kappa shape index (κ3) is 13.9. The van der Waals surface area contributed by atoms with Crippen LogP contribution in [0.4, 0.5) is 0 Å². The lowest BCUT2D eigenvalue weighted by Gasteiger charge is -2.41. The van der Waals surface area contributed by atoms with E-state index in [1.807, 2.05) is 91.7 Å². The van der Waals surface area contributed by atoms with Gasteiger partial charge in [-0.25, -0.2) is 0 Å². The summed E-state index contributed by atoms with van der Waals surface area (Å²) in [6.45, 7) is 16.4. The van der Waals surface area contributed by atoms with E-state index in [4.69, 9.17) is 15.0 Å². The minimum Gasteiger partial charge on any atom is -0.379 e. The zero-order valence-electron chi connectivity index (χ0n) is 37.6. The maximum absolute atomic E-state index is 14.3. The molecule has 0 aromatic heterocycles. The molecule has 14 nitrogen and oxygen atoms in total. The summed E-state index contributed by atoms with van der Waals surface area (Å²) in [5.74, 6) is -2.97. The number of rotatable bonds is 25. The topological polar surface area (TPSA) is 174 Å². The molecule has 0 saturated carbocycles. The van der Waals surface area contributed by atoms with Crippen molar-refractivity contribution in [2.45, 2.75) is 131 Å². The predicted octanol–water partition coefficient (Wildman–Crippen LogP) is 6.23. The molecule has 0 unspecified atom stereocenters. The molecule has 0 radical (unpaired) electrons. The van der Waals surface area contributed by atoms with Gasteiger partial charge in [0.05, 0.1) is 42.7 Å². The largest absolute Gasteiger partial charge is 0.379 e. The van der Waals surface area contributed by atoms with Crippen molar-refractivity contribution in [1.82, 2.24) is 20.0 Å². The van der Waals surface area contributed by atoms with Crippen molar-refractivity contribution in [1.29, 1.82) is 0 Å². The van der Waals surface area contributed by atoms with E-state index >= 15 is 0 Å². The number of hydrogen-bond donors (Lipinski definition) is 1. The standard InChI is InChI=1S/C44H73N7O7/c1-14-30(7)41(50(11)44(56)34(27(2)3)23-37(53)40(28(4)5)49(9)10)38(57-12)24-39(54)51-21-15-16-35(51)42(58-13)31(8)36(52)22-33(26-47-48-45)43(55)46-25-32-19-17-29(6)18-20-32/h17-20,27-28,30-31,33-35,38,40-42H,14-16,21-26H2,1-13H3,(H,46,55)/t30-,31-,33-,34-,35-,38+,40-,41-,42+/m0/s1. The number of nitrogens with zero attached hydrogens (tertiary/aromatic N) is 6. The van der Waals surface area contributed by atoms with Crippen LogP contribution in [0.2, 0.25) is 0 Å². The molecule has 1 N–H and O–H groups in total. The van der Waals surface area contributed by atoms with Crippen LogP contribution in [0.15, 0.2) is 29.4 Å². The second kappa shape index (κ2) is 24.3.